The number of pyridine rings is 1. The molecule has 160 valence electrons. The third-order valence-electron chi connectivity index (χ3n) is 7.01. The van der Waals surface area contributed by atoms with Gasteiger partial charge in [-0.25, -0.2) is 4.57 Å². The van der Waals surface area contributed by atoms with Gasteiger partial charge in [0.2, 0.25) is 5.69 Å². The minimum absolute atomic E-state index is 1.19. The van der Waals surface area contributed by atoms with E-state index in [1.165, 1.54) is 66.2 Å². The predicted octanol–water partition coefficient (Wildman–Crippen LogP) is 7.35. The second-order valence-electron chi connectivity index (χ2n) is 9.18. The summed E-state index contributed by atoms with van der Waals surface area (Å²) in [5.41, 5.74) is 10.2. The molecular formula is C31H27N2+. The SMILES string of the molecule is Cc1cc(C)c(C)c(-c2cc3c(c[n+]2C)c2ccc4ccccc4c2n3-c2ccccc2)c1. The van der Waals surface area contributed by atoms with Gasteiger partial charge in [-0.1, -0.05) is 66.2 Å². The molecule has 0 unspecified atom stereocenters. The highest BCUT2D eigenvalue weighted by Gasteiger charge is 2.22. The van der Waals surface area contributed by atoms with E-state index in [1.807, 2.05) is 0 Å². The quantitative estimate of drug-likeness (QED) is 0.255. The van der Waals surface area contributed by atoms with Crippen LogP contribution in [0.15, 0.2) is 91.1 Å². The molecule has 2 nitrogen and oxygen atoms in total. The number of nitrogens with zero attached hydrogens (tertiary/aromatic N) is 2. The lowest BCUT2D eigenvalue weighted by molar-refractivity contribution is -0.659. The van der Waals surface area contributed by atoms with Crippen LogP contribution in [0.25, 0.3) is 49.5 Å². The van der Waals surface area contributed by atoms with E-state index in [4.69, 9.17) is 0 Å². The molecule has 33 heavy (non-hydrogen) atoms. The molecule has 2 aromatic heterocycles. The third kappa shape index (κ3) is 2.98. The van der Waals surface area contributed by atoms with Crippen LogP contribution in [-0.2, 0) is 7.05 Å². The van der Waals surface area contributed by atoms with Crippen LogP contribution in [0.5, 0.6) is 0 Å². The number of fused-ring (bicyclic) bond motifs is 5. The van der Waals surface area contributed by atoms with Crippen LogP contribution in [0.3, 0.4) is 0 Å². The van der Waals surface area contributed by atoms with Crippen molar-refractivity contribution >= 4 is 32.6 Å². The van der Waals surface area contributed by atoms with Crippen molar-refractivity contribution in [1.29, 1.82) is 0 Å². The first-order valence-corrected chi connectivity index (χ1v) is 11.5. The fourth-order valence-electron chi connectivity index (χ4n) is 5.28. The Balaban J connectivity index is 1.81. The largest absolute Gasteiger partial charge is 0.308 e. The summed E-state index contributed by atoms with van der Waals surface area (Å²) in [6, 6.07) is 30.9. The summed E-state index contributed by atoms with van der Waals surface area (Å²) in [6.45, 7) is 6.62. The lowest BCUT2D eigenvalue weighted by atomic mass is 9.97. The van der Waals surface area contributed by atoms with Crippen LogP contribution in [0.4, 0.5) is 0 Å². The molecule has 0 aliphatic heterocycles. The monoisotopic (exact) mass is 427 g/mol. The van der Waals surface area contributed by atoms with Crippen molar-refractivity contribution in [1.82, 2.24) is 4.57 Å². The molecule has 0 radical (unpaired) electrons. The Hall–Kier alpha value is -3.91. The van der Waals surface area contributed by atoms with E-state index in [-0.39, 0.29) is 0 Å². The maximum absolute atomic E-state index is 2.44. The van der Waals surface area contributed by atoms with Crippen LogP contribution < -0.4 is 4.57 Å². The summed E-state index contributed by atoms with van der Waals surface area (Å²) in [5, 5.41) is 5.10. The second kappa shape index (κ2) is 7.31. The fourth-order valence-corrected chi connectivity index (χ4v) is 5.28. The maximum atomic E-state index is 2.44. The van der Waals surface area contributed by atoms with Gasteiger partial charge in [0, 0.05) is 28.1 Å². The van der Waals surface area contributed by atoms with Crippen LogP contribution in [0.2, 0.25) is 0 Å². The van der Waals surface area contributed by atoms with Gasteiger partial charge in [0.15, 0.2) is 6.20 Å². The van der Waals surface area contributed by atoms with Gasteiger partial charge < -0.3 is 4.57 Å². The van der Waals surface area contributed by atoms with Gasteiger partial charge in [-0.2, -0.15) is 0 Å². The van der Waals surface area contributed by atoms with Crippen molar-refractivity contribution < 1.29 is 4.57 Å². The molecule has 0 amide bonds. The first-order chi connectivity index (χ1) is 16.0. The van der Waals surface area contributed by atoms with Gasteiger partial charge in [0.05, 0.1) is 16.4 Å². The summed E-state index contributed by atoms with van der Waals surface area (Å²) in [4.78, 5) is 0. The summed E-state index contributed by atoms with van der Waals surface area (Å²) in [7, 11) is 2.17. The summed E-state index contributed by atoms with van der Waals surface area (Å²) >= 11 is 0. The van der Waals surface area contributed by atoms with Gasteiger partial charge in [-0.15, -0.1) is 0 Å². The molecule has 0 aliphatic rings. The maximum Gasteiger partial charge on any atom is 0.214 e. The lowest BCUT2D eigenvalue weighted by Gasteiger charge is -2.11. The molecule has 0 N–H and O–H groups in total. The standard InChI is InChI=1S/C31H27N2/c1-20-16-21(2)22(3)27(17-20)29-18-30-28(19-32(29)4)26-15-14-23-10-8-9-13-25(23)31(26)33(30)24-11-6-5-7-12-24/h5-19H,1-4H3/q+1. The highest BCUT2D eigenvalue weighted by molar-refractivity contribution is 6.18. The number of para-hydroxylation sites is 1. The van der Waals surface area contributed by atoms with Crippen molar-refractivity contribution in [2.45, 2.75) is 20.8 Å². The molecule has 0 bridgehead atoms. The Morgan fingerprint density at radius 1 is 0.697 bits per heavy atom. The van der Waals surface area contributed by atoms with E-state index in [1.54, 1.807) is 0 Å². The van der Waals surface area contributed by atoms with Crippen LogP contribution in [0.1, 0.15) is 16.7 Å². The molecule has 0 atom stereocenters. The van der Waals surface area contributed by atoms with E-state index >= 15 is 0 Å². The van der Waals surface area contributed by atoms with Gasteiger partial charge >= 0.3 is 0 Å². The predicted molar refractivity (Wildman–Crippen MR) is 139 cm³/mol. The number of aromatic nitrogens is 2. The average molecular weight is 428 g/mol. The van der Waals surface area contributed by atoms with Crippen LogP contribution in [-0.4, -0.2) is 4.57 Å². The van der Waals surface area contributed by atoms with E-state index in [2.05, 4.69) is 128 Å². The molecule has 0 saturated heterocycles. The Morgan fingerprint density at radius 2 is 1.45 bits per heavy atom. The number of aryl methyl sites for hydroxylation is 3. The normalized spacial score (nSPS) is 11.6. The molecular weight excluding hydrogens is 400 g/mol. The first-order valence-electron chi connectivity index (χ1n) is 11.5. The number of hydrogen-bond acceptors (Lipinski definition) is 0. The van der Waals surface area contributed by atoms with Crippen molar-refractivity contribution in [3.05, 3.63) is 108 Å². The Morgan fingerprint density at radius 3 is 2.27 bits per heavy atom. The molecule has 2 heterocycles. The Bertz CT molecular complexity index is 1690. The van der Waals surface area contributed by atoms with Crippen LogP contribution in [0, 0.1) is 20.8 Å². The molecule has 0 spiro atoms. The lowest BCUT2D eigenvalue weighted by Crippen LogP contribution is -2.30. The minimum Gasteiger partial charge on any atom is -0.308 e. The Kier molecular flexibility index (Phi) is 4.38. The highest BCUT2D eigenvalue weighted by Crippen LogP contribution is 2.37. The molecule has 6 aromatic rings. The average Bonchev–Trinajstić information content (AvgIpc) is 3.15. The highest BCUT2D eigenvalue weighted by atomic mass is 15.0. The van der Waals surface area contributed by atoms with Crippen LogP contribution >= 0.6 is 0 Å². The molecule has 4 aromatic carbocycles. The molecule has 0 fully saturated rings. The smallest absolute Gasteiger partial charge is 0.214 e. The van der Waals surface area contributed by atoms with E-state index in [9.17, 15) is 0 Å². The van der Waals surface area contributed by atoms with Gasteiger partial charge in [-0.05, 0) is 55.5 Å². The molecule has 2 heteroatoms. The van der Waals surface area contributed by atoms with E-state index in [0.29, 0.717) is 0 Å². The second-order valence-corrected chi connectivity index (χ2v) is 9.18. The van der Waals surface area contributed by atoms with Gasteiger partial charge in [-0.3, -0.25) is 0 Å². The van der Waals surface area contributed by atoms with Gasteiger partial charge in [0.25, 0.3) is 0 Å². The summed E-state index contributed by atoms with van der Waals surface area (Å²) in [6.07, 6.45) is 2.30. The van der Waals surface area contributed by atoms with E-state index in [0.717, 1.165) is 0 Å². The number of hydrogen-bond donors (Lipinski definition) is 0. The zero-order valence-corrected chi connectivity index (χ0v) is 19.6. The van der Waals surface area contributed by atoms with E-state index < -0.39 is 0 Å². The van der Waals surface area contributed by atoms with Gasteiger partial charge in [0.1, 0.15) is 7.05 Å². The van der Waals surface area contributed by atoms with Crippen molar-refractivity contribution in [3.63, 3.8) is 0 Å². The Labute approximate surface area is 194 Å². The zero-order valence-electron chi connectivity index (χ0n) is 19.6. The number of rotatable bonds is 2. The van der Waals surface area contributed by atoms with Crippen molar-refractivity contribution in [2.24, 2.45) is 7.05 Å². The number of benzene rings is 4. The summed E-state index contributed by atoms with van der Waals surface area (Å²) in [5.74, 6) is 0. The summed E-state index contributed by atoms with van der Waals surface area (Å²) < 4.78 is 4.72. The first kappa shape index (κ1) is 19.8. The fraction of sp³-hybridized carbons (Fsp3) is 0.129. The zero-order chi connectivity index (χ0) is 22.7. The third-order valence-corrected chi connectivity index (χ3v) is 7.01. The van der Waals surface area contributed by atoms with Crippen molar-refractivity contribution in [2.75, 3.05) is 0 Å². The molecule has 0 aliphatic carbocycles. The van der Waals surface area contributed by atoms with Crippen molar-refractivity contribution in [3.8, 4) is 16.9 Å². The minimum atomic E-state index is 1.19. The molecule has 0 saturated carbocycles. The topological polar surface area (TPSA) is 8.81 Å². The molecule has 6 rings (SSSR count).